The summed E-state index contributed by atoms with van der Waals surface area (Å²) in [6.07, 6.45) is 0.426. The highest BCUT2D eigenvalue weighted by Crippen LogP contribution is 2.38. The second kappa shape index (κ2) is 7.99. The molecule has 0 aliphatic rings. The van der Waals surface area contributed by atoms with E-state index in [1.165, 1.54) is 0 Å². The molecule has 0 aliphatic carbocycles. The summed E-state index contributed by atoms with van der Waals surface area (Å²) >= 11 is 0. The smallest absolute Gasteiger partial charge is 0.250 e. The summed E-state index contributed by atoms with van der Waals surface area (Å²) in [5.41, 5.74) is 0.728. The number of hydrogen-bond acceptors (Lipinski definition) is 3. The topological polar surface area (TPSA) is 35.5 Å². The number of hydrogen-bond donors (Lipinski definition) is 0. The molecule has 0 saturated carbocycles. The third-order valence-electron chi connectivity index (χ3n) is 5.95. The van der Waals surface area contributed by atoms with E-state index in [9.17, 15) is 4.79 Å². The van der Waals surface area contributed by atoms with Gasteiger partial charge in [-0.2, -0.15) is 0 Å². The lowest BCUT2D eigenvalue weighted by atomic mass is 10.1. The average Bonchev–Trinajstić information content (AvgIpc) is 2.44. The third-order valence-corrected chi connectivity index (χ3v) is 14.9. The molecule has 0 aromatic heterocycles. The Kier molecular flexibility index (Phi) is 7.10. The summed E-state index contributed by atoms with van der Waals surface area (Å²) in [7, 11) is -3.64. The largest absolute Gasteiger partial charge is 0.544 e. The lowest BCUT2D eigenvalue weighted by Gasteiger charge is -2.36. The van der Waals surface area contributed by atoms with Crippen LogP contribution in [0.2, 0.25) is 36.3 Å². The first-order valence-corrected chi connectivity index (χ1v) is 15.3. The van der Waals surface area contributed by atoms with Gasteiger partial charge in [-0.25, -0.2) is 0 Å². The summed E-state index contributed by atoms with van der Waals surface area (Å²) in [6, 6.07) is 7.58. The van der Waals surface area contributed by atoms with E-state index in [1.807, 2.05) is 24.3 Å². The normalized spacial score (nSPS) is 13.6. The molecule has 3 nitrogen and oxygen atoms in total. The molecule has 0 atom stereocenters. The van der Waals surface area contributed by atoms with Gasteiger partial charge >= 0.3 is 0 Å². The lowest BCUT2D eigenvalue weighted by molar-refractivity contribution is 0.0959. The van der Waals surface area contributed by atoms with Crippen LogP contribution in [0, 0.1) is 0 Å². The minimum atomic E-state index is -1.85. The SMILES string of the molecule is CC(C)(C)[Si](C)(C)OCCC(=O)c1ccc(O[Si](C)(C)C(C)(C)C)cc1. The van der Waals surface area contributed by atoms with E-state index in [1.54, 1.807) is 0 Å². The Morgan fingerprint density at radius 1 is 0.846 bits per heavy atom. The van der Waals surface area contributed by atoms with Gasteiger partial charge in [-0.3, -0.25) is 4.79 Å². The highest BCUT2D eigenvalue weighted by Gasteiger charge is 2.39. The Morgan fingerprint density at radius 2 is 1.31 bits per heavy atom. The van der Waals surface area contributed by atoms with Gasteiger partial charge in [0.05, 0.1) is 0 Å². The van der Waals surface area contributed by atoms with Crippen LogP contribution in [0.25, 0.3) is 0 Å². The fourth-order valence-corrected chi connectivity index (χ4v) is 3.99. The molecule has 0 N–H and O–H groups in total. The fourth-order valence-electron chi connectivity index (χ4n) is 1.92. The zero-order chi connectivity index (χ0) is 20.4. The van der Waals surface area contributed by atoms with E-state index in [4.69, 9.17) is 8.85 Å². The van der Waals surface area contributed by atoms with Gasteiger partial charge in [0.15, 0.2) is 14.1 Å². The van der Waals surface area contributed by atoms with Gasteiger partial charge in [-0.15, -0.1) is 0 Å². The maximum Gasteiger partial charge on any atom is 0.250 e. The van der Waals surface area contributed by atoms with E-state index in [-0.39, 0.29) is 15.9 Å². The van der Waals surface area contributed by atoms with Crippen molar-refractivity contribution in [2.75, 3.05) is 6.61 Å². The van der Waals surface area contributed by atoms with Crippen LogP contribution >= 0.6 is 0 Å². The molecule has 26 heavy (non-hydrogen) atoms. The van der Waals surface area contributed by atoms with Crippen LogP contribution in [-0.2, 0) is 4.43 Å². The Hall–Kier alpha value is -0.916. The molecule has 5 heteroatoms. The molecule has 1 rings (SSSR count). The maximum atomic E-state index is 12.4. The molecule has 0 aliphatic heterocycles. The van der Waals surface area contributed by atoms with Crippen molar-refractivity contribution in [2.24, 2.45) is 0 Å². The molecule has 0 fully saturated rings. The van der Waals surface area contributed by atoms with E-state index < -0.39 is 16.6 Å². The van der Waals surface area contributed by atoms with Crippen molar-refractivity contribution in [3.8, 4) is 5.75 Å². The van der Waals surface area contributed by atoms with Crippen molar-refractivity contribution < 1.29 is 13.6 Å². The fraction of sp³-hybridized carbons (Fsp3) is 0.667. The molecule has 0 spiro atoms. The molecule has 1 aromatic carbocycles. The van der Waals surface area contributed by atoms with Gasteiger partial charge in [0.25, 0.3) is 0 Å². The average molecular weight is 395 g/mol. The van der Waals surface area contributed by atoms with E-state index in [0.717, 1.165) is 11.3 Å². The molecule has 0 unspecified atom stereocenters. The van der Waals surface area contributed by atoms with Crippen LogP contribution < -0.4 is 4.43 Å². The summed E-state index contributed by atoms with van der Waals surface area (Å²) < 4.78 is 12.4. The third kappa shape index (κ3) is 6.06. The predicted molar refractivity (Wildman–Crippen MR) is 116 cm³/mol. The lowest BCUT2D eigenvalue weighted by Crippen LogP contribution is -2.43. The van der Waals surface area contributed by atoms with Gasteiger partial charge in [0.2, 0.25) is 8.32 Å². The van der Waals surface area contributed by atoms with Crippen LogP contribution in [0.4, 0.5) is 0 Å². The molecular weight excluding hydrogens is 356 g/mol. The molecule has 0 heterocycles. The van der Waals surface area contributed by atoms with Crippen molar-refractivity contribution in [2.45, 2.75) is 84.2 Å². The second-order valence-corrected chi connectivity index (χ2v) is 19.7. The molecule has 0 bridgehead atoms. The molecule has 0 amide bonds. The molecule has 0 radical (unpaired) electrons. The highest BCUT2D eigenvalue weighted by molar-refractivity contribution is 6.75. The Morgan fingerprint density at radius 3 is 1.73 bits per heavy atom. The van der Waals surface area contributed by atoms with E-state index in [2.05, 4.69) is 67.7 Å². The minimum Gasteiger partial charge on any atom is -0.544 e. The summed E-state index contributed by atoms with van der Waals surface area (Å²) in [4.78, 5) is 12.4. The Balaban J connectivity index is 2.65. The van der Waals surface area contributed by atoms with Crippen molar-refractivity contribution in [3.63, 3.8) is 0 Å². The quantitative estimate of drug-likeness (QED) is 0.383. The number of rotatable bonds is 7. The van der Waals surface area contributed by atoms with Gasteiger partial charge < -0.3 is 8.85 Å². The minimum absolute atomic E-state index is 0.127. The van der Waals surface area contributed by atoms with Crippen molar-refractivity contribution in [1.82, 2.24) is 0 Å². The Labute approximate surface area is 162 Å². The Bertz CT molecular complexity index is 606. The zero-order valence-electron chi connectivity index (χ0n) is 18.4. The first-order chi connectivity index (χ1) is 11.6. The van der Waals surface area contributed by atoms with Gasteiger partial charge in [-0.1, -0.05) is 41.5 Å². The highest BCUT2D eigenvalue weighted by atomic mass is 28.4. The molecule has 0 saturated heterocycles. The monoisotopic (exact) mass is 394 g/mol. The standard InChI is InChI=1S/C21H38O3Si2/c1-20(2,3)25(7,8)23-16-15-19(22)17-11-13-18(14-12-17)24-26(9,10)21(4,5)6/h11-14H,15-16H2,1-10H3. The van der Waals surface area contributed by atoms with Crippen LogP contribution in [0.1, 0.15) is 58.3 Å². The van der Waals surface area contributed by atoms with Crippen molar-refractivity contribution >= 4 is 22.4 Å². The molecule has 148 valence electrons. The van der Waals surface area contributed by atoms with Crippen LogP contribution in [-0.4, -0.2) is 29.0 Å². The van der Waals surface area contributed by atoms with E-state index >= 15 is 0 Å². The van der Waals surface area contributed by atoms with Crippen molar-refractivity contribution in [1.29, 1.82) is 0 Å². The summed E-state index contributed by atoms with van der Waals surface area (Å²) in [5.74, 6) is 0.980. The van der Waals surface area contributed by atoms with Crippen LogP contribution in [0.15, 0.2) is 24.3 Å². The van der Waals surface area contributed by atoms with Gasteiger partial charge in [0.1, 0.15) is 5.75 Å². The first kappa shape index (κ1) is 23.1. The summed E-state index contributed by atoms with van der Waals surface area (Å²) in [5, 5.41) is 0.321. The van der Waals surface area contributed by atoms with E-state index in [0.29, 0.717) is 13.0 Å². The van der Waals surface area contributed by atoms with Gasteiger partial charge in [-0.05, 0) is 60.5 Å². The second-order valence-electron chi connectivity index (χ2n) is 10.2. The molecular formula is C21H38O3Si2. The zero-order valence-corrected chi connectivity index (χ0v) is 20.4. The van der Waals surface area contributed by atoms with Crippen LogP contribution in [0.3, 0.4) is 0 Å². The first-order valence-electron chi connectivity index (χ1n) is 9.53. The number of ketones is 1. The summed E-state index contributed by atoms with van der Waals surface area (Å²) in [6.45, 7) is 22.7. The number of carbonyl (C=O) groups excluding carboxylic acids is 1. The predicted octanol–water partition coefficient (Wildman–Crippen LogP) is 6.67. The van der Waals surface area contributed by atoms with Crippen molar-refractivity contribution in [3.05, 3.63) is 29.8 Å². The molecule has 1 aromatic rings. The number of benzene rings is 1. The van der Waals surface area contributed by atoms with Gasteiger partial charge in [0, 0.05) is 18.6 Å². The maximum absolute atomic E-state index is 12.4. The van der Waals surface area contributed by atoms with Crippen LogP contribution in [0.5, 0.6) is 5.75 Å². The number of Topliss-reactive ketones (excluding diaryl/α,β-unsaturated/α-hetero) is 1. The number of carbonyl (C=O) groups is 1.